The highest BCUT2D eigenvalue weighted by Crippen LogP contribution is 2.27. The molecule has 1 aliphatic rings. The van der Waals surface area contributed by atoms with Crippen LogP contribution in [0.3, 0.4) is 0 Å². The second-order valence-electron chi connectivity index (χ2n) is 6.51. The maximum Gasteiger partial charge on any atom is 0.333 e. The van der Waals surface area contributed by atoms with E-state index in [0.717, 1.165) is 32.1 Å². The Morgan fingerprint density at radius 2 is 2.21 bits per heavy atom. The first-order valence-electron chi connectivity index (χ1n) is 8.78. The number of carbonyl (C=O) groups is 1. The summed E-state index contributed by atoms with van der Waals surface area (Å²) >= 11 is 0. The number of nitrogens with one attached hydrogen (secondary N) is 2. The van der Waals surface area contributed by atoms with Gasteiger partial charge < -0.3 is 16.4 Å². The smallest absolute Gasteiger partial charge is 0.333 e. The molecule has 4 heterocycles. The molecule has 3 aromatic heterocycles. The Hall–Kier alpha value is -3.21. The standard InChI is InChI=1S/C17H18F2N8O/c18-17(19)27-7-9(5-24-27)12-4-11(15(20)28)13-14(26-12)16(23-8-22-13)25-10-2-1-3-21-6-10/h4-5,7-8,10,17,21H,1-3,6H2,(H2,20,28)(H,22,23,25)/t10-/m0/s1. The van der Waals surface area contributed by atoms with Gasteiger partial charge in [-0.2, -0.15) is 13.9 Å². The molecule has 0 radical (unpaired) electrons. The van der Waals surface area contributed by atoms with Crippen molar-refractivity contribution >= 4 is 22.8 Å². The van der Waals surface area contributed by atoms with Crippen LogP contribution < -0.4 is 16.4 Å². The van der Waals surface area contributed by atoms with E-state index in [9.17, 15) is 13.6 Å². The molecular weight excluding hydrogens is 370 g/mol. The molecule has 0 bridgehead atoms. The van der Waals surface area contributed by atoms with Gasteiger partial charge in [0.15, 0.2) is 5.82 Å². The third-order valence-corrected chi connectivity index (χ3v) is 4.59. The third-order valence-electron chi connectivity index (χ3n) is 4.59. The molecule has 1 atom stereocenters. The molecule has 0 spiro atoms. The number of fused-ring (bicyclic) bond motifs is 1. The van der Waals surface area contributed by atoms with Gasteiger partial charge in [-0.15, -0.1) is 0 Å². The summed E-state index contributed by atoms with van der Waals surface area (Å²) in [5.74, 6) is -0.233. The van der Waals surface area contributed by atoms with Crippen LogP contribution in [0, 0.1) is 0 Å². The number of anilines is 1. The van der Waals surface area contributed by atoms with Gasteiger partial charge in [0.2, 0.25) is 0 Å². The van der Waals surface area contributed by atoms with Crippen molar-refractivity contribution in [3.8, 4) is 11.3 Å². The molecule has 0 aliphatic carbocycles. The van der Waals surface area contributed by atoms with E-state index < -0.39 is 12.5 Å². The largest absolute Gasteiger partial charge is 0.366 e. The van der Waals surface area contributed by atoms with E-state index in [1.807, 2.05) is 0 Å². The summed E-state index contributed by atoms with van der Waals surface area (Å²) in [4.78, 5) is 24.9. The Kier molecular flexibility index (Phi) is 4.82. The van der Waals surface area contributed by atoms with Gasteiger partial charge in [-0.1, -0.05) is 0 Å². The molecule has 1 aliphatic heterocycles. The predicted octanol–water partition coefficient (Wildman–Crippen LogP) is 1.55. The summed E-state index contributed by atoms with van der Waals surface area (Å²) in [5, 5.41) is 10.2. The van der Waals surface area contributed by atoms with Crippen LogP contribution in [0.15, 0.2) is 24.8 Å². The van der Waals surface area contributed by atoms with Crippen molar-refractivity contribution in [3.63, 3.8) is 0 Å². The van der Waals surface area contributed by atoms with Crippen LogP contribution in [0.4, 0.5) is 14.6 Å². The normalized spacial score (nSPS) is 17.2. The number of piperidine rings is 1. The number of carbonyl (C=O) groups excluding carboxylic acids is 1. The van der Waals surface area contributed by atoms with Crippen molar-refractivity contribution in [3.05, 3.63) is 30.4 Å². The highest BCUT2D eigenvalue weighted by molar-refractivity contribution is 6.06. The van der Waals surface area contributed by atoms with Gasteiger partial charge in [0, 0.05) is 24.3 Å². The number of alkyl halides is 2. The van der Waals surface area contributed by atoms with Crippen LogP contribution in [0.5, 0.6) is 0 Å². The fourth-order valence-corrected chi connectivity index (χ4v) is 3.23. The van der Waals surface area contributed by atoms with E-state index in [1.54, 1.807) is 0 Å². The number of hydrogen-bond donors (Lipinski definition) is 3. The Labute approximate surface area is 158 Å². The van der Waals surface area contributed by atoms with Crippen LogP contribution >= 0.6 is 0 Å². The van der Waals surface area contributed by atoms with E-state index in [0.29, 0.717) is 27.1 Å². The Morgan fingerprint density at radius 1 is 1.36 bits per heavy atom. The highest BCUT2D eigenvalue weighted by Gasteiger charge is 2.20. The number of nitrogens with zero attached hydrogens (tertiary/aromatic N) is 5. The van der Waals surface area contributed by atoms with Crippen LogP contribution in [-0.2, 0) is 0 Å². The third kappa shape index (κ3) is 3.48. The number of rotatable bonds is 5. The minimum atomic E-state index is -2.77. The van der Waals surface area contributed by atoms with Crippen LogP contribution in [0.2, 0.25) is 0 Å². The molecule has 4 N–H and O–H groups in total. The lowest BCUT2D eigenvalue weighted by atomic mass is 10.1. The van der Waals surface area contributed by atoms with E-state index in [-0.39, 0.29) is 17.3 Å². The zero-order chi connectivity index (χ0) is 19.7. The topological polar surface area (TPSA) is 124 Å². The molecule has 1 amide bonds. The van der Waals surface area contributed by atoms with Crippen molar-refractivity contribution in [2.24, 2.45) is 5.73 Å². The van der Waals surface area contributed by atoms with Crippen LogP contribution in [0.1, 0.15) is 29.7 Å². The summed E-state index contributed by atoms with van der Waals surface area (Å²) in [6, 6.07) is 1.58. The zero-order valence-corrected chi connectivity index (χ0v) is 14.8. The van der Waals surface area contributed by atoms with Gasteiger partial charge in [0.05, 0.1) is 17.5 Å². The molecule has 9 nitrogen and oxygen atoms in total. The zero-order valence-electron chi connectivity index (χ0n) is 14.8. The summed E-state index contributed by atoms with van der Waals surface area (Å²) in [7, 11) is 0. The number of pyridine rings is 1. The van der Waals surface area contributed by atoms with Gasteiger partial charge in [-0.05, 0) is 25.5 Å². The van der Waals surface area contributed by atoms with Gasteiger partial charge in [-0.3, -0.25) is 4.79 Å². The lowest BCUT2D eigenvalue weighted by Gasteiger charge is -2.24. The molecule has 11 heteroatoms. The van der Waals surface area contributed by atoms with E-state index in [2.05, 4.69) is 30.7 Å². The van der Waals surface area contributed by atoms with Gasteiger partial charge in [0.25, 0.3) is 5.91 Å². The molecule has 0 unspecified atom stereocenters. The Bertz CT molecular complexity index is 1020. The van der Waals surface area contributed by atoms with Crippen molar-refractivity contribution < 1.29 is 13.6 Å². The monoisotopic (exact) mass is 388 g/mol. The van der Waals surface area contributed by atoms with Crippen molar-refractivity contribution in [2.75, 3.05) is 18.4 Å². The molecule has 4 rings (SSSR count). The first-order valence-corrected chi connectivity index (χ1v) is 8.78. The van der Waals surface area contributed by atoms with Gasteiger partial charge in [0.1, 0.15) is 17.4 Å². The molecule has 3 aromatic rings. The van der Waals surface area contributed by atoms with Crippen molar-refractivity contribution in [1.82, 2.24) is 30.0 Å². The molecule has 1 fully saturated rings. The minimum absolute atomic E-state index is 0.136. The predicted molar refractivity (Wildman–Crippen MR) is 97.8 cm³/mol. The van der Waals surface area contributed by atoms with Gasteiger partial charge in [-0.25, -0.2) is 19.6 Å². The quantitative estimate of drug-likeness (QED) is 0.606. The first kappa shape index (κ1) is 18.2. The molecule has 0 saturated carbocycles. The average Bonchev–Trinajstić information content (AvgIpc) is 3.19. The number of aromatic nitrogens is 5. The second-order valence-corrected chi connectivity index (χ2v) is 6.51. The minimum Gasteiger partial charge on any atom is -0.366 e. The first-order chi connectivity index (χ1) is 13.5. The summed E-state index contributed by atoms with van der Waals surface area (Å²) in [6.07, 6.45) is 5.74. The van der Waals surface area contributed by atoms with E-state index in [4.69, 9.17) is 5.73 Å². The molecule has 146 valence electrons. The van der Waals surface area contributed by atoms with Gasteiger partial charge >= 0.3 is 6.55 Å². The van der Waals surface area contributed by atoms with Crippen LogP contribution in [0.25, 0.3) is 22.3 Å². The number of halogens is 2. The lowest BCUT2D eigenvalue weighted by molar-refractivity contribution is 0.0566. The Balaban J connectivity index is 1.82. The van der Waals surface area contributed by atoms with E-state index in [1.165, 1.54) is 18.6 Å². The fraction of sp³-hybridized carbons (Fsp3) is 0.353. The number of hydrogen-bond acceptors (Lipinski definition) is 7. The summed E-state index contributed by atoms with van der Waals surface area (Å²) in [5.41, 5.74) is 6.93. The molecule has 28 heavy (non-hydrogen) atoms. The molecule has 0 aromatic carbocycles. The van der Waals surface area contributed by atoms with Crippen LogP contribution in [-0.4, -0.2) is 49.8 Å². The SMILES string of the molecule is NC(=O)c1cc(-c2cnn(C(F)F)c2)nc2c(N[C@H]3CCCNC3)ncnc12. The maximum absolute atomic E-state index is 12.9. The molecular formula is C17H18F2N8O. The Morgan fingerprint density at radius 3 is 2.89 bits per heavy atom. The number of primary amides is 1. The van der Waals surface area contributed by atoms with Crippen molar-refractivity contribution in [2.45, 2.75) is 25.4 Å². The summed E-state index contributed by atoms with van der Waals surface area (Å²) in [6.45, 7) is -1.04. The molecule has 1 saturated heterocycles. The fourth-order valence-electron chi connectivity index (χ4n) is 3.23. The highest BCUT2D eigenvalue weighted by atomic mass is 19.3. The summed E-state index contributed by atoms with van der Waals surface area (Å²) < 4.78 is 26.2. The van der Waals surface area contributed by atoms with Crippen molar-refractivity contribution in [1.29, 1.82) is 0 Å². The lowest BCUT2D eigenvalue weighted by Crippen LogP contribution is -2.38. The maximum atomic E-state index is 12.9. The van der Waals surface area contributed by atoms with E-state index >= 15 is 0 Å². The second kappa shape index (κ2) is 7.43. The number of amides is 1. The average molecular weight is 388 g/mol. The number of nitrogens with two attached hydrogens (primary N) is 1.